The third-order valence-corrected chi connectivity index (χ3v) is 3.50. The molecule has 0 saturated carbocycles. The lowest BCUT2D eigenvalue weighted by atomic mass is 9.95. The van der Waals surface area contributed by atoms with Crippen LogP contribution in [0.15, 0.2) is 24.3 Å². The fraction of sp³-hybridized carbons (Fsp3) is 0.529. The van der Waals surface area contributed by atoms with Gasteiger partial charge in [0.25, 0.3) is 0 Å². The zero-order valence-corrected chi connectivity index (χ0v) is 13.7. The van der Waals surface area contributed by atoms with Crippen molar-refractivity contribution in [3.63, 3.8) is 0 Å². The summed E-state index contributed by atoms with van der Waals surface area (Å²) in [6.07, 6.45) is 0.653. The number of nitrogens with one attached hydrogen (secondary N) is 1. The van der Waals surface area contributed by atoms with E-state index in [9.17, 15) is 9.59 Å². The van der Waals surface area contributed by atoms with Crippen LogP contribution < -0.4 is 10.1 Å². The van der Waals surface area contributed by atoms with Crippen molar-refractivity contribution in [2.75, 3.05) is 20.2 Å². The van der Waals surface area contributed by atoms with Crippen LogP contribution in [-0.4, -0.2) is 42.5 Å². The molecule has 1 aliphatic rings. The lowest BCUT2D eigenvalue weighted by Gasteiger charge is -2.29. The number of carbonyl (C=O) groups is 2. The van der Waals surface area contributed by atoms with E-state index in [4.69, 9.17) is 4.74 Å². The van der Waals surface area contributed by atoms with Gasteiger partial charge in [0.05, 0.1) is 12.5 Å². The Bertz CT molecular complexity index is 563. The van der Waals surface area contributed by atoms with Crippen molar-refractivity contribution in [1.29, 1.82) is 0 Å². The summed E-state index contributed by atoms with van der Waals surface area (Å²) in [5.74, 6) is 0.404. The molecule has 0 aromatic heterocycles. The van der Waals surface area contributed by atoms with Crippen molar-refractivity contribution >= 4 is 11.8 Å². The zero-order valence-electron chi connectivity index (χ0n) is 13.7. The molecule has 1 heterocycles. The highest BCUT2D eigenvalue weighted by atomic mass is 16.5. The van der Waals surface area contributed by atoms with Gasteiger partial charge >= 0.3 is 0 Å². The van der Waals surface area contributed by atoms with Gasteiger partial charge in [-0.05, 0) is 38.8 Å². The topological polar surface area (TPSA) is 58.6 Å². The van der Waals surface area contributed by atoms with Crippen LogP contribution in [0.4, 0.5) is 0 Å². The van der Waals surface area contributed by atoms with E-state index in [1.165, 1.54) is 4.90 Å². The Hall–Kier alpha value is -2.04. The lowest BCUT2D eigenvalue weighted by Crippen LogP contribution is -2.48. The number of benzene rings is 1. The number of likely N-dealkylation sites (N-methyl/N-ethyl adjacent to an activating group) is 1. The number of ether oxygens (including phenoxy) is 1. The SMILES string of the molecule is CN(CC(=O)NC(C)(C)C)C(=O)C1COc2ccccc2C1. The molecule has 5 nitrogen and oxygen atoms in total. The van der Waals surface area contributed by atoms with E-state index in [1.54, 1.807) is 7.05 Å². The largest absolute Gasteiger partial charge is 0.492 e. The molecule has 1 aliphatic heterocycles. The Balaban J connectivity index is 1.93. The smallest absolute Gasteiger partial charge is 0.240 e. The molecule has 1 unspecified atom stereocenters. The summed E-state index contributed by atoms with van der Waals surface area (Å²) < 4.78 is 5.64. The number of fused-ring (bicyclic) bond motifs is 1. The highest BCUT2D eigenvalue weighted by Gasteiger charge is 2.29. The van der Waals surface area contributed by atoms with Crippen LogP contribution in [0.25, 0.3) is 0 Å². The standard InChI is InChI=1S/C17H24N2O3/c1-17(2,3)18-15(20)10-19(4)16(21)13-9-12-7-5-6-8-14(12)22-11-13/h5-8,13H,9-11H2,1-4H3,(H,18,20). The number of hydrogen-bond acceptors (Lipinski definition) is 3. The Labute approximate surface area is 131 Å². The van der Waals surface area contributed by atoms with Gasteiger partial charge in [-0.2, -0.15) is 0 Å². The van der Waals surface area contributed by atoms with Gasteiger partial charge in [0.1, 0.15) is 12.4 Å². The maximum absolute atomic E-state index is 12.5. The normalized spacial score (nSPS) is 17.2. The first-order valence-corrected chi connectivity index (χ1v) is 7.53. The predicted molar refractivity (Wildman–Crippen MR) is 84.7 cm³/mol. The Morgan fingerprint density at radius 1 is 1.32 bits per heavy atom. The van der Waals surface area contributed by atoms with Gasteiger partial charge in [0.15, 0.2) is 0 Å². The molecule has 0 bridgehead atoms. The Morgan fingerprint density at radius 3 is 2.68 bits per heavy atom. The van der Waals surface area contributed by atoms with Gasteiger partial charge in [-0.3, -0.25) is 9.59 Å². The quantitative estimate of drug-likeness (QED) is 0.923. The molecule has 5 heteroatoms. The minimum absolute atomic E-state index is 0.0569. The summed E-state index contributed by atoms with van der Waals surface area (Å²) >= 11 is 0. The van der Waals surface area contributed by atoms with Gasteiger partial charge in [0, 0.05) is 12.6 Å². The lowest BCUT2D eigenvalue weighted by molar-refractivity contribution is -0.139. The van der Waals surface area contributed by atoms with Crippen molar-refractivity contribution in [2.45, 2.75) is 32.7 Å². The third kappa shape index (κ3) is 4.23. The minimum Gasteiger partial charge on any atom is -0.492 e. The van der Waals surface area contributed by atoms with Crippen LogP contribution >= 0.6 is 0 Å². The van der Waals surface area contributed by atoms with Gasteiger partial charge < -0.3 is 15.0 Å². The van der Waals surface area contributed by atoms with E-state index in [0.717, 1.165) is 11.3 Å². The van der Waals surface area contributed by atoms with Crippen molar-refractivity contribution in [3.8, 4) is 5.75 Å². The van der Waals surface area contributed by atoms with Gasteiger partial charge in [-0.15, -0.1) is 0 Å². The molecular weight excluding hydrogens is 280 g/mol. The van der Waals surface area contributed by atoms with Gasteiger partial charge in [-0.1, -0.05) is 18.2 Å². The maximum Gasteiger partial charge on any atom is 0.240 e. The summed E-state index contributed by atoms with van der Waals surface area (Å²) in [5, 5.41) is 2.86. The molecule has 1 N–H and O–H groups in total. The van der Waals surface area contributed by atoms with Crippen LogP contribution in [-0.2, 0) is 16.0 Å². The summed E-state index contributed by atoms with van der Waals surface area (Å²) in [6, 6.07) is 7.75. The molecule has 1 aromatic carbocycles. The first kappa shape index (κ1) is 16.3. The third-order valence-electron chi connectivity index (χ3n) is 3.50. The maximum atomic E-state index is 12.5. The molecule has 2 rings (SSSR count). The summed E-state index contributed by atoms with van der Waals surface area (Å²) in [6.45, 7) is 6.17. The molecule has 1 atom stereocenters. The molecule has 0 saturated heterocycles. The first-order chi connectivity index (χ1) is 10.3. The van der Waals surface area contributed by atoms with E-state index >= 15 is 0 Å². The Kier molecular flexibility index (Phi) is 4.74. The molecule has 0 spiro atoms. The van der Waals surface area contributed by atoms with Gasteiger partial charge in [0.2, 0.25) is 11.8 Å². The number of amides is 2. The highest BCUT2D eigenvalue weighted by molar-refractivity contribution is 5.86. The molecule has 22 heavy (non-hydrogen) atoms. The fourth-order valence-corrected chi connectivity index (χ4v) is 2.55. The first-order valence-electron chi connectivity index (χ1n) is 7.53. The van der Waals surface area contributed by atoms with E-state index in [1.807, 2.05) is 45.0 Å². The molecule has 1 aromatic rings. The second-order valence-electron chi connectivity index (χ2n) is 6.81. The fourth-order valence-electron chi connectivity index (χ4n) is 2.55. The number of nitrogens with zero attached hydrogens (tertiary/aromatic N) is 1. The van der Waals surface area contributed by atoms with E-state index < -0.39 is 0 Å². The monoisotopic (exact) mass is 304 g/mol. The minimum atomic E-state index is -0.298. The average Bonchev–Trinajstić information content (AvgIpc) is 2.43. The number of para-hydroxylation sites is 1. The predicted octanol–water partition coefficient (Wildman–Crippen LogP) is 1.61. The number of hydrogen-bond donors (Lipinski definition) is 1. The second kappa shape index (κ2) is 6.38. The van der Waals surface area contributed by atoms with Crippen molar-refractivity contribution < 1.29 is 14.3 Å². The van der Waals surface area contributed by atoms with Crippen LogP contribution in [0.2, 0.25) is 0 Å². The van der Waals surface area contributed by atoms with Crippen LogP contribution in [0.3, 0.4) is 0 Å². The molecule has 2 amide bonds. The molecule has 120 valence electrons. The summed E-state index contributed by atoms with van der Waals surface area (Å²) in [4.78, 5) is 25.9. The molecule has 0 aliphatic carbocycles. The second-order valence-corrected chi connectivity index (χ2v) is 6.81. The van der Waals surface area contributed by atoms with Crippen LogP contribution in [0.1, 0.15) is 26.3 Å². The van der Waals surface area contributed by atoms with Gasteiger partial charge in [-0.25, -0.2) is 0 Å². The Morgan fingerprint density at radius 2 is 2.00 bits per heavy atom. The van der Waals surface area contributed by atoms with Crippen LogP contribution in [0, 0.1) is 5.92 Å². The van der Waals surface area contributed by atoms with Crippen molar-refractivity contribution in [3.05, 3.63) is 29.8 Å². The van der Waals surface area contributed by atoms with E-state index in [-0.39, 0.29) is 29.8 Å². The molecule has 0 radical (unpaired) electrons. The zero-order chi connectivity index (χ0) is 16.3. The molecular formula is C17H24N2O3. The number of rotatable bonds is 3. The molecule has 0 fully saturated rings. The summed E-state index contributed by atoms with van der Waals surface area (Å²) in [7, 11) is 1.66. The van der Waals surface area contributed by atoms with Crippen molar-refractivity contribution in [2.24, 2.45) is 5.92 Å². The average molecular weight is 304 g/mol. The highest BCUT2D eigenvalue weighted by Crippen LogP contribution is 2.27. The van der Waals surface area contributed by atoms with Crippen LogP contribution in [0.5, 0.6) is 5.75 Å². The van der Waals surface area contributed by atoms with E-state index in [2.05, 4.69) is 5.32 Å². The van der Waals surface area contributed by atoms with Crippen molar-refractivity contribution in [1.82, 2.24) is 10.2 Å². The summed E-state index contributed by atoms with van der Waals surface area (Å²) in [5.41, 5.74) is 0.744. The number of carbonyl (C=O) groups excluding carboxylic acids is 2. The van der Waals surface area contributed by atoms with E-state index in [0.29, 0.717) is 13.0 Å².